The molecule has 3 aromatic rings. The Hall–Kier alpha value is -2.60. The second kappa shape index (κ2) is 6.88. The molecule has 0 amide bonds. The number of hydrogen-bond donors (Lipinski definition) is 0. The second-order valence-electron chi connectivity index (χ2n) is 5.29. The molecule has 7 heteroatoms. The van der Waals surface area contributed by atoms with Gasteiger partial charge in [-0.25, -0.2) is 0 Å². The molecule has 0 spiro atoms. The first-order chi connectivity index (χ1) is 11.5. The summed E-state index contributed by atoms with van der Waals surface area (Å²) in [7, 11) is 0. The van der Waals surface area contributed by atoms with Crippen LogP contribution in [0.3, 0.4) is 0 Å². The molecule has 124 valence electrons. The number of halogens is 1. The number of hydrogen-bond acceptors (Lipinski definition) is 6. The number of nitrogens with zero attached hydrogens (tertiary/aromatic N) is 2. The molecule has 0 atom stereocenters. The van der Waals surface area contributed by atoms with E-state index in [1.54, 1.807) is 24.3 Å². The highest BCUT2D eigenvalue weighted by molar-refractivity contribution is 6.30. The summed E-state index contributed by atoms with van der Waals surface area (Å²) in [4.78, 5) is 11.8. The van der Waals surface area contributed by atoms with Crippen molar-refractivity contribution in [3.8, 4) is 11.5 Å². The van der Waals surface area contributed by atoms with Crippen LogP contribution in [0, 0.1) is 13.8 Å². The molecule has 6 nitrogen and oxygen atoms in total. The Kier molecular flexibility index (Phi) is 4.66. The zero-order valence-corrected chi connectivity index (χ0v) is 14.0. The summed E-state index contributed by atoms with van der Waals surface area (Å²) >= 11 is 5.80. The van der Waals surface area contributed by atoms with Gasteiger partial charge in [-0.05, 0) is 37.6 Å². The van der Waals surface area contributed by atoms with Gasteiger partial charge in [-0.3, -0.25) is 4.79 Å². The third-order valence-corrected chi connectivity index (χ3v) is 3.61. The van der Waals surface area contributed by atoms with Crippen molar-refractivity contribution in [3.63, 3.8) is 0 Å². The van der Waals surface area contributed by atoms with Crippen molar-refractivity contribution in [1.82, 2.24) is 10.2 Å². The van der Waals surface area contributed by atoms with Crippen LogP contribution in [0.4, 0.5) is 0 Å². The fraction of sp³-hybridized carbons (Fsp3) is 0.235. The molecular formula is C17H15ClN2O4. The molecular weight excluding hydrogens is 332 g/mol. The van der Waals surface area contributed by atoms with Gasteiger partial charge in [0.1, 0.15) is 11.5 Å². The number of benzene rings is 1. The maximum absolute atomic E-state index is 11.8. The average molecular weight is 347 g/mol. The summed E-state index contributed by atoms with van der Waals surface area (Å²) in [6.07, 6.45) is 0.151. The molecule has 3 rings (SSSR count). The van der Waals surface area contributed by atoms with Crippen molar-refractivity contribution in [1.29, 1.82) is 0 Å². The Morgan fingerprint density at radius 1 is 1.17 bits per heavy atom. The molecule has 0 N–H and O–H groups in total. The highest BCUT2D eigenvalue weighted by Crippen LogP contribution is 2.25. The number of aryl methyl sites for hydroxylation is 2. The molecule has 0 saturated heterocycles. The van der Waals surface area contributed by atoms with Crippen molar-refractivity contribution >= 4 is 17.6 Å². The molecule has 0 bridgehead atoms. The van der Waals surface area contributed by atoms with Crippen LogP contribution in [0.2, 0.25) is 5.02 Å². The van der Waals surface area contributed by atoms with E-state index in [1.165, 1.54) is 0 Å². The lowest BCUT2D eigenvalue weighted by molar-refractivity contribution is -0.144. The molecule has 1 aromatic carbocycles. The molecule has 0 saturated carbocycles. The summed E-state index contributed by atoms with van der Waals surface area (Å²) in [6, 6.07) is 8.82. The first kappa shape index (κ1) is 16.3. The number of aromatic nitrogens is 2. The number of rotatable bonds is 5. The number of esters is 1. The van der Waals surface area contributed by atoms with Crippen LogP contribution in [0.25, 0.3) is 11.5 Å². The lowest BCUT2D eigenvalue weighted by Crippen LogP contribution is -2.08. The maximum Gasteiger partial charge on any atom is 0.310 e. The first-order valence-corrected chi connectivity index (χ1v) is 7.69. The Balaban J connectivity index is 1.58. The highest BCUT2D eigenvalue weighted by atomic mass is 35.5. The van der Waals surface area contributed by atoms with Crippen LogP contribution in [0.5, 0.6) is 0 Å². The molecule has 0 aliphatic rings. The topological polar surface area (TPSA) is 78.4 Å². The van der Waals surface area contributed by atoms with Crippen LogP contribution in [-0.2, 0) is 22.6 Å². The van der Waals surface area contributed by atoms with E-state index in [2.05, 4.69) is 10.2 Å². The van der Waals surface area contributed by atoms with E-state index in [0.717, 1.165) is 16.9 Å². The van der Waals surface area contributed by atoms with Crippen molar-refractivity contribution in [2.75, 3.05) is 0 Å². The number of furan rings is 1. The van der Waals surface area contributed by atoms with Crippen LogP contribution >= 0.6 is 11.6 Å². The van der Waals surface area contributed by atoms with E-state index in [9.17, 15) is 4.79 Å². The van der Waals surface area contributed by atoms with Crippen molar-refractivity contribution in [2.24, 2.45) is 0 Å². The van der Waals surface area contributed by atoms with Crippen LogP contribution in [0.15, 0.2) is 39.2 Å². The fourth-order valence-corrected chi connectivity index (χ4v) is 2.35. The second-order valence-corrected chi connectivity index (χ2v) is 5.73. The Labute approximate surface area is 143 Å². The third-order valence-electron chi connectivity index (χ3n) is 3.36. The maximum atomic E-state index is 11.8. The van der Waals surface area contributed by atoms with Gasteiger partial charge in [0, 0.05) is 5.02 Å². The van der Waals surface area contributed by atoms with Crippen LogP contribution < -0.4 is 0 Å². The minimum absolute atomic E-state index is 0.0741. The molecule has 0 radical (unpaired) electrons. The van der Waals surface area contributed by atoms with Crippen molar-refractivity contribution < 1.29 is 18.4 Å². The van der Waals surface area contributed by atoms with E-state index in [4.69, 9.17) is 25.2 Å². The minimum atomic E-state index is -0.382. The SMILES string of the molecule is Cc1cc(-c2nnc(COC(=O)Cc3ccc(Cl)cc3)o2)c(C)o1. The summed E-state index contributed by atoms with van der Waals surface area (Å²) in [6.45, 7) is 3.58. The smallest absolute Gasteiger partial charge is 0.310 e. The highest BCUT2D eigenvalue weighted by Gasteiger charge is 2.15. The van der Waals surface area contributed by atoms with E-state index in [0.29, 0.717) is 16.7 Å². The van der Waals surface area contributed by atoms with Gasteiger partial charge in [0.25, 0.3) is 11.8 Å². The lowest BCUT2D eigenvalue weighted by Gasteiger charge is -2.02. The molecule has 0 aliphatic heterocycles. The molecule has 2 aromatic heterocycles. The van der Waals surface area contributed by atoms with Crippen LogP contribution in [0.1, 0.15) is 23.0 Å². The largest absolute Gasteiger partial charge is 0.466 e. The Morgan fingerprint density at radius 2 is 1.92 bits per heavy atom. The zero-order chi connectivity index (χ0) is 17.1. The fourth-order valence-electron chi connectivity index (χ4n) is 2.23. The quantitative estimate of drug-likeness (QED) is 0.652. The van der Waals surface area contributed by atoms with Crippen molar-refractivity contribution in [2.45, 2.75) is 26.9 Å². The van der Waals surface area contributed by atoms with Gasteiger partial charge in [-0.1, -0.05) is 23.7 Å². The predicted octanol–water partition coefficient (Wildman–Crippen LogP) is 3.89. The lowest BCUT2D eigenvalue weighted by atomic mass is 10.2. The number of ether oxygens (including phenoxy) is 1. The number of carbonyl (C=O) groups is 1. The third kappa shape index (κ3) is 3.83. The van der Waals surface area contributed by atoms with Gasteiger partial charge in [0.15, 0.2) is 6.61 Å². The summed E-state index contributed by atoms with van der Waals surface area (Å²) in [5.41, 5.74) is 1.55. The monoisotopic (exact) mass is 346 g/mol. The normalized spacial score (nSPS) is 10.8. The average Bonchev–Trinajstić information content (AvgIpc) is 3.13. The minimum Gasteiger partial charge on any atom is -0.466 e. The molecule has 0 aliphatic carbocycles. The van der Waals surface area contributed by atoms with Gasteiger partial charge in [-0.15, -0.1) is 10.2 Å². The van der Waals surface area contributed by atoms with Gasteiger partial charge >= 0.3 is 5.97 Å². The van der Waals surface area contributed by atoms with E-state index in [-0.39, 0.29) is 24.9 Å². The summed E-state index contributed by atoms with van der Waals surface area (Å²) in [5.74, 6) is 1.65. The van der Waals surface area contributed by atoms with E-state index in [1.807, 2.05) is 19.9 Å². The first-order valence-electron chi connectivity index (χ1n) is 7.31. The van der Waals surface area contributed by atoms with Gasteiger partial charge < -0.3 is 13.6 Å². The van der Waals surface area contributed by atoms with Gasteiger partial charge in [0.2, 0.25) is 0 Å². The molecule has 24 heavy (non-hydrogen) atoms. The Morgan fingerprint density at radius 3 is 2.58 bits per heavy atom. The molecule has 2 heterocycles. The summed E-state index contributed by atoms with van der Waals surface area (Å²) in [5, 5.41) is 8.45. The van der Waals surface area contributed by atoms with Gasteiger partial charge in [-0.2, -0.15) is 0 Å². The summed E-state index contributed by atoms with van der Waals surface area (Å²) < 4.78 is 16.1. The van der Waals surface area contributed by atoms with Gasteiger partial charge in [0.05, 0.1) is 12.0 Å². The predicted molar refractivity (Wildman–Crippen MR) is 86.4 cm³/mol. The Bertz CT molecular complexity index is 852. The zero-order valence-electron chi connectivity index (χ0n) is 13.2. The molecule has 0 fully saturated rings. The van der Waals surface area contributed by atoms with Crippen LogP contribution in [-0.4, -0.2) is 16.2 Å². The van der Waals surface area contributed by atoms with E-state index >= 15 is 0 Å². The standard InChI is InChI=1S/C17H15ClN2O4/c1-10-7-14(11(2)23-10)17-20-19-15(24-17)9-22-16(21)8-12-3-5-13(18)6-4-12/h3-7H,8-9H2,1-2H3. The number of carbonyl (C=O) groups excluding carboxylic acids is 1. The molecule has 0 unspecified atom stereocenters. The van der Waals surface area contributed by atoms with E-state index < -0.39 is 0 Å². The van der Waals surface area contributed by atoms with Crippen molar-refractivity contribution in [3.05, 3.63) is 58.3 Å².